The molecule has 3 heterocycles. The second kappa shape index (κ2) is 9.95. The molecule has 0 saturated heterocycles. The summed E-state index contributed by atoms with van der Waals surface area (Å²) < 4.78 is 13.5. The lowest BCUT2D eigenvalue weighted by molar-refractivity contribution is 0.422. The van der Waals surface area contributed by atoms with E-state index < -0.39 is 0 Å². The standard InChI is InChI=1S/C33H39N3O4/c1-19(2)31-29(22-16-21-11-12-28(37)39-26(21)17-27(22)40-31)25-18-36(35-34-25)13-9-10-20-14-23(32(3,4)5)30(38)24(15-20)33(6,7)8/h11-12,14-19,38H,9-10,13H2,1-8H3. The molecule has 0 amide bonds. The number of furan rings is 1. The van der Waals surface area contributed by atoms with E-state index in [0.29, 0.717) is 23.5 Å². The molecule has 0 spiro atoms. The Morgan fingerprint density at radius 3 is 2.23 bits per heavy atom. The lowest BCUT2D eigenvalue weighted by Gasteiger charge is -2.28. The van der Waals surface area contributed by atoms with Crippen LogP contribution < -0.4 is 5.63 Å². The summed E-state index contributed by atoms with van der Waals surface area (Å²) in [4.78, 5) is 11.7. The van der Waals surface area contributed by atoms with E-state index in [-0.39, 0.29) is 22.4 Å². The first-order chi connectivity index (χ1) is 18.7. The quantitative estimate of drug-likeness (QED) is 0.220. The summed E-state index contributed by atoms with van der Waals surface area (Å²) in [5.41, 5.74) is 5.33. The number of aromatic hydroxyl groups is 1. The average Bonchev–Trinajstić information content (AvgIpc) is 3.46. The molecule has 0 fully saturated rings. The fourth-order valence-electron chi connectivity index (χ4n) is 5.30. The van der Waals surface area contributed by atoms with E-state index in [1.54, 1.807) is 12.1 Å². The minimum absolute atomic E-state index is 0.131. The first-order valence-electron chi connectivity index (χ1n) is 14.0. The first kappa shape index (κ1) is 27.7. The third kappa shape index (κ3) is 5.29. The maximum absolute atomic E-state index is 11.7. The van der Waals surface area contributed by atoms with E-state index in [2.05, 4.69) is 77.8 Å². The highest BCUT2D eigenvalue weighted by Gasteiger charge is 2.26. The van der Waals surface area contributed by atoms with Crippen LogP contribution in [0.1, 0.15) is 90.2 Å². The van der Waals surface area contributed by atoms with Gasteiger partial charge >= 0.3 is 5.63 Å². The Morgan fingerprint density at radius 1 is 0.925 bits per heavy atom. The van der Waals surface area contributed by atoms with Crippen LogP contribution >= 0.6 is 0 Å². The van der Waals surface area contributed by atoms with Gasteiger partial charge in [0.25, 0.3) is 0 Å². The fourth-order valence-corrected chi connectivity index (χ4v) is 5.30. The van der Waals surface area contributed by atoms with E-state index in [1.807, 2.05) is 16.9 Å². The van der Waals surface area contributed by atoms with Gasteiger partial charge in [-0.2, -0.15) is 0 Å². The predicted octanol–water partition coefficient (Wildman–Crippen LogP) is 7.85. The van der Waals surface area contributed by atoms with Crippen molar-refractivity contribution in [2.24, 2.45) is 0 Å². The molecule has 0 aliphatic rings. The van der Waals surface area contributed by atoms with Crippen molar-refractivity contribution in [3.63, 3.8) is 0 Å². The molecule has 40 heavy (non-hydrogen) atoms. The van der Waals surface area contributed by atoms with E-state index >= 15 is 0 Å². The summed E-state index contributed by atoms with van der Waals surface area (Å²) >= 11 is 0. The molecule has 0 radical (unpaired) electrons. The van der Waals surface area contributed by atoms with Crippen molar-refractivity contribution in [1.29, 1.82) is 0 Å². The molecule has 0 atom stereocenters. The number of benzene rings is 2. The second-order valence-electron chi connectivity index (χ2n) is 13.1. The number of hydrogen-bond acceptors (Lipinski definition) is 6. The van der Waals surface area contributed by atoms with Crippen LogP contribution in [0.15, 0.2) is 56.2 Å². The highest BCUT2D eigenvalue weighted by Crippen LogP contribution is 2.41. The number of phenolic OH excluding ortho intramolecular Hbond substituents is 1. The van der Waals surface area contributed by atoms with Crippen molar-refractivity contribution in [3.05, 3.63) is 75.5 Å². The molecular weight excluding hydrogens is 502 g/mol. The van der Waals surface area contributed by atoms with Crippen LogP contribution in [0, 0.1) is 0 Å². The third-order valence-electron chi connectivity index (χ3n) is 7.41. The summed E-state index contributed by atoms with van der Waals surface area (Å²) in [5, 5.41) is 21.7. The van der Waals surface area contributed by atoms with Crippen molar-refractivity contribution in [2.75, 3.05) is 0 Å². The van der Waals surface area contributed by atoms with Crippen molar-refractivity contribution < 1.29 is 13.9 Å². The summed E-state index contributed by atoms with van der Waals surface area (Å²) in [6.45, 7) is 17.7. The van der Waals surface area contributed by atoms with E-state index in [1.165, 1.54) is 11.6 Å². The Bertz CT molecular complexity index is 1720. The average molecular weight is 542 g/mol. The Hall–Kier alpha value is -3.87. The van der Waals surface area contributed by atoms with Crippen molar-refractivity contribution in [1.82, 2.24) is 15.0 Å². The Kier molecular flexibility index (Phi) is 6.89. The summed E-state index contributed by atoms with van der Waals surface area (Å²) in [5.74, 6) is 1.37. The predicted molar refractivity (Wildman–Crippen MR) is 159 cm³/mol. The van der Waals surface area contributed by atoms with Crippen molar-refractivity contribution >= 4 is 21.9 Å². The normalized spacial score (nSPS) is 12.7. The molecule has 210 valence electrons. The minimum atomic E-state index is -0.387. The molecule has 0 saturated carbocycles. The zero-order valence-electron chi connectivity index (χ0n) is 24.8. The fraction of sp³-hybridized carbons (Fsp3) is 0.424. The first-order valence-corrected chi connectivity index (χ1v) is 14.0. The van der Waals surface area contributed by atoms with Gasteiger partial charge in [-0.1, -0.05) is 72.7 Å². The van der Waals surface area contributed by atoms with Gasteiger partial charge in [-0.05, 0) is 52.5 Å². The number of nitrogens with zero attached hydrogens (tertiary/aromatic N) is 3. The second-order valence-corrected chi connectivity index (χ2v) is 13.1. The Morgan fingerprint density at radius 2 is 1.60 bits per heavy atom. The van der Waals surface area contributed by atoms with Gasteiger partial charge in [0, 0.05) is 35.4 Å². The molecule has 7 nitrogen and oxygen atoms in total. The molecule has 1 N–H and O–H groups in total. The molecule has 5 aromatic rings. The lowest BCUT2D eigenvalue weighted by Crippen LogP contribution is -2.18. The number of aryl methyl sites for hydroxylation is 2. The maximum Gasteiger partial charge on any atom is 0.336 e. The van der Waals surface area contributed by atoms with Gasteiger partial charge in [0.15, 0.2) is 0 Å². The third-order valence-corrected chi connectivity index (χ3v) is 7.41. The highest BCUT2D eigenvalue weighted by molar-refractivity contribution is 6.02. The van der Waals surface area contributed by atoms with Crippen molar-refractivity contribution in [2.45, 2.75) is 91.5 Å². The van der Waals surface area contributed by atoms with Gasteiger partial charge in [-0.25, -0.2) is 4.79 Å². The summed E-state index contributed by atoms with van der Waals surface area (Å²) in [6.07, 6.45) is 3.72. The lowest BCUT2D eigenvalue weighted by atomic mass is 9.78. The van der Waals surface area contributed by atoms with Gasteiger partial charge < -0.3 is 13.9 Å². The Labute approximate surface area is 234 Å². The number of fused-ring (bicyclic) bond motifs is 2. The number of rotatable bonds is 6. The smallest absolute Gasteiger partial charge is 0.336 e. The molecular formula is C33H39N3O4. The van der Waals surface area contributed by atoms with Crippen LogP contribution in [0.2, 0.25) is 0 Å². The molecule has 2 aromatic carbocycles. The van der Waals surface area contributed by atoms with E-state index in [4.69, 9.17) is 8.83 Å². The molecule has 0 aliphatic heterocycles. The molecule has 5 rings (SSSR count). The minimum Gasteiger partial charge on any atom is -0.507 e. The highest BCUT2D eigenvalue weighted by atomic mass is 16.4. The maximum atomic E-state index is 11.7. The molecule has 0 bridgehead atoms. The van der Waals surface area contributed by atoms with Crippen LogP contribution in [0.25, 0.3) is 33.2 Å². The van der Waals surface area contributed by atoms with Crippen LogP contribution in [0.3, 0.4) is 0 Å². The van der Waals surface area contributed by atoms with Crippen LogP contribution in [0.5, 0.6) is 5.75 Å². The van der Waals surface area contributed by atoms with Gasteiger partial charge in [0.1, 0.15) is 28.4 Å². The van der Waals surface area contributed by atoms with Crippen LogP contribution in [-0.2, 0) is 23.8 Å². The zero-order valence-corrected chi connectivity index (χ0v) is 24.8. The molecule has 0 aliphatic carbocycles. The van der Waals surface area contributed by atoms with Crippen LogP contribution in [0.4, 0.5) is 0 Å². The largest absolute Gasteiger partial charge is 0.507 e. The van der Waals surface area contributed by atoms with Gasteiger partial charge in [-0.3, -0.25) is 4.68 Å². The van der Waals surface area contributed by atoms with Gasteiger partial charge in [-0.15, -0.1) is 5.10 Å². The molecule has 7 heteroatoms. The SMILES string of the molecule is CC(C)c1oc2cc3oc(=O)ccc3cc2c1-c1cn(CCCc2cc(C(C)(C)C)c(O)c(C(C)(C)C)c2)nn1. The van der Waals surface area contributed by atoms with Crippen LogP contribution in [-0.4, -0.2) is 20.1 Å². The van der Waals surface area contributed by atoms with Gasteiger partial charge in [0.2, 0.25) is 0 Å². The molecule has 3 aromatic heterocycles. The topological polar surface area (TPSA) is 94.3 Å². The summed E-state index contributed by atoms with van der Waals surface area (Å²) in [7, 11) is 0. The Balaban J connectivity index is 1.42. The number of hydrogen-bond donors (Lipinski definition) is 1. The van der Waals surface area contributed by atoms with E-state index in [9.17, 15) is 9.90 Å². The summed E-state index contributed by atoms with van der Waals surface area (Å²) in [6, 6.07) is 11.3. The number of aromatic nitrogens is 3. The van der Waals surface area contributed by atoms with Crippen molar-refractivity contribution in [3.8, 4) is 17.0 Å². The number of phenols is 1. The van der Waals surface area contributed by atoms with Gasteiger partial charge in [0.05, 0.1) is 11.8 Å². The zero-order chi connectivity index (χ0) is 29.0. The molecule has 0 unspecified atom stereocenters. The monoisotopic (exact) mass is 541 g/mol. The van der Waals surface area contributed by atoms with E-state index in [0.717, 1.165) is 51.8 Å².